The zero-order chi connectivity index (χ0) is 13.5. The van der Waals surface area contributed by atoms with E-state index in [1.807, 2.05) is 30.3 Å². The fourth-order valence-corrected chi connectivity index (χ4v) is 1.53. The van der Waals surface area contributed by atoms with Gasteiger partial charge in [-0.2, -0.15) is 0 Å². The van der Waals surface area contributed by atoms with E-state index in [1.165, 1.54) is 0 Å². The highest BCUT2D eigenvalue weighted by atomic mass is 16.5. The van der Waals surface area contributed by atoms with Crippen molar-refractivity contribution < 1.29 is 19.1 Å². The Morgan fingerprint density at radius 1 is 0.947 bits per heavy atom. The van der Waals surface area contributed by atoms with E-state index in [0.29, 0.717) is 11.3 Å². The highest BCUT2D eigenvalue weighted by Gasteiger charge is 2.06. The van der Waals surface area contributed by atoms with Gasteiger partial charge in [-0.25, -0.2) is 0 Å². The number of carbonyl (C=O) groups is 2. The van der Waals surface area contributed by atoms with Crippen molar-refractivity contribution in [3.8, 4) is 11.5 Å². The largest absolute Gasteiger partial charge is 0.459 e. The highest BCUT2D eigenvalue weighted by molar-refractivity contribution is 5.97. The van der Waals surface area contributed by atoms with Crippen LogP contribution in [0.5, 0.6) is 11.5 Å². The quantitative estimate of drug-likeness (QED) is 0.589. The first-order valence-corrected chi connectivity index (χ1v) is 5.71. The molecule has 0 N–H and O–H groups in total. The summed E-state index contributed by atoms with van der Waals surface area (Å²) in [5, 5.41) is 0. The van der Waals surface area contributed by atoms with E-state index in [0.717, 1.165) is 5.75 Å². The van der Waals surface area contributed by atoms with Crippen molar-refractivity contribution in [3.63, 3.8) is 0 Å². The first-order chi connectivity index (χ1) is 9.29. The van der Waals surface area contributed by atoms with Crippen LogP contribution in [0.4, 0.5) is 0 Å². The Bertz CT molecular complexity index is 546. The zero-order valence-corrected chi connectivity index (χ0v) is 10.1. The molecule has 0 aliphatic rings. The van der Waals surface area contributed by atoms with Gasteiger partial charge in [0, 0.05) is 5.56 Å². The number of hydrogen-bond acceptors (Lipinski definition) is 4. The number of para-hydroxylation sites is 1. The Labute approximate surface area is 110 Å². The molecule has 0 spiro atoms. The van der Waals surface area contributed by atoms with Crippen LogP contribution < -0.4 is 4.74 Å². The zero-order valence-electron chi connectivity index (χ0n) is 10.1. The van der Waals surface area contributed by atoms with Gasteiger partial charge in [0.15, 0.2) is 12.4 Å². The second kappa shape index (κ2) is 6.35. The van der Waals surface area contributed by atoms with E-state index in [9.17, 15) is 9.59 Å². The summed E-state index contributed by atoms with van der Waals surface area (Å²) in [6, 6.07) is 16.0. The first-order valence-electron chi connectivity index (χ1n) is 5.71. The molecule has 0 aliphatic carbocycles. The van der Waals surface area contributed by atoms with Crippen LogP contribution in [0.15, 0.2) is 54.6 Å². The Balaban J connectivity index is 2.02. The average Bonchev–Trinajstić information content (AvgIpc) is 2.46. The molecule has 0 saturated carbocycles. The third-order valence-corrected chi connectivity index (χ3v) is 2.44. The van der Waals surface area contributed by atoms with Crippen LogP contribution in [0.2, 0.25) is 0 Å². The third kappa shape index (κ3) is 3.67. The third-order valence-electron chi connectivity index (χ3n) is 2.44. The van der Waals surface area contributed by atoms with E-state index < -0.39 is 0 Å². The second-order valence-corrected chi connectivity index (χ2v) is 3.77. The minimum Gasteiger partial charge on any atom is -0.459 e. The summed E-state index contributed by atoms with van der Waals surface area (Å²) in [7, 11) is 0. The normalized spacial score (nSPS) is 9.68. The summed E-state index contributed by atoms with van der Waals surface area (Å²) in [5.74, 6) is 1.11. The molecule has 0 saturated heterocycles. The highest BCUT2D eigenvalue weighted by Crippen LogP contribution is 2.21. The molecule has 0 aromatic heterocycles. The van der Waals surface area contributed by atoms with Crippen molar-refractivity contribution >= 4 is 12.3 Å². The molecular formula is C15H12O4. The lowest BCUT2D eigenvalue weighted by molar-refractivity contribution is -0.127. The van der Waals surface area contributed by atoms with Crippen LogP contribution in [-0.2, 0) is 9.53 Å². The summed E-state index contributed by atoms with van der Waals surface area (Å²) < 4.78 is 10.0. The van der Waals surface area contributed by atoms with Gasteiger partial charge in [0.2, 0.25) is 0 Å². The van der Waals surface area contributed by atoms with Crippen molar-refractivity contribution in [1.82, 2.24) is 0 Å². The molecule has 0 aliphatic heterocycles. The van der Waals surface area contributed by atoms with E-state index in [4.69, 9.17) is 4.74 Å². The van der Waals surface area contributed by atoms with Crippen molar-refractivity contribution in [1.29, 1.82) is 0 Å². The molecule has 0 amide bonds. The molecule has 0 atom stereocenters. The summed E-state index contributed by atoms with van der Waals surface area (Å²) in [4.78, 5) is 21.6. The SMILES string of the molecule is O=COCC(=O)c1ccc(Oc2ccccc2)cc1. The Hall–Kier alpha value is -2.62. The van der Waals surface area contributed by atoms with Gasteiger partial charge < -0.3 is 9.47 Å². The molecule has 4 nitrogen and oxygen atoms in total. The fourth-order valence-electron chi connectivity index (χ4n) is 1.53. The number of rotatable bonds is 6. The number of ether oxygens (including phenoxy) is 2. The maximum atomic E-state index is 11.5. The molecule has 0 heterocycles. The smallest absolute Gasteiger partial charge is 0.293 e. The predicted octanol–water partition coefficient (Wildman–Crippen LogP) is 2.83. The van der Waals surface area contributed by atoms with E-state index >= 15 is 0 Å². The molecular weight excluding hydrogens is 244 g/mol. The van der Waals surface area contributed by atoms with Gasteiger partial charge >= 0.3 is 0 Å². The number of Topliss-reactive ketones (excluding diaryl/α,β-unsaturated/α-hetero) is 1. The molecule has 4 heteroatoms. The van der Waals surface area contributed by atoms with Crippen molar-refractivity contribution in [2.75, 3.05) is 6.61 Å². The van der Waals surface area contributed by atoms with Crippen LogP contribution in [0.3, 0.4) is 0 Å². The fraction of sp³-hybridized carbons (Fsp3) is 0.0667. The lowest BCUT2D eigenvalue weighted by Crippen LogP contribution is -2.07. The van der Waals surface area contributed by atoms with E-state index in [2.05, 4.69) is 4.74 Å². The molecule has 0 fully saturated rings. The molecule has 2 rings (SSSR count). The van der Waals surface area contributed by atoms with Crippen molar-refractivity contribution in [2.24, 2.45) is 0 Å². The second-order valence-electron chi connectivity index (χ2n) is 3.77. The lowest BCUT2D eigenvalue weighted by Gasteiger charge is -2.06. The lowest BCUT2D eigenvalue weighted by atomic mass is 10.1. The first kappa shape index (κ1) is 12.8. The van der Waals surface area contributed by atoms with Gasteiger partial charge in [-0.05, 0) is 36.4 Å². The Morgan fingerprint density at radius 3 is 2.21 bits per heavy atom. The van der Waals surface area contributed by atoms with Gasteiger partial charge in [0.1, 0.15) is 11.5 Å². The molecule has 2 aromatic carbocycles. The van der Waals surface area contributed by atoms with Crippen molar-refractivity contribution in [3.05, 3.63) is 60.2 Å². The van der Waals surface area contributed by atoms with Crippen LogP contribution in [0, 0.1) is 0 Å². The van der Waals surface area contributed by atoms with Crippen LogP contribution in [-0.4, -0.2) is 18.9 Å². The van der Waals surface area contributed by atoms with Crippen LogP contribution >= 0.6 is 0 Å². The maximum absolute atomic E-state index is 11.5. The maximum Gasteiger partial charge on any atom is 0.293 e. The van der Waals surface area contributed by atoms with Crippen LogP contribution in [0.25, 0.3) is 0 Å². The van der Waals surface area contributed by atoms with Gasteiger partial charge in [-0.3, -0.25) is 9.59 Å². The molecule has 2 aromatic rings. The molecule has 19 heavy (non-hydrogen) atoms. The van der Waals surface area contributed by atoms with Gasteiger partial charge in [0.05, 0.1) is 0 Å². The monoisotopic (exact) mass is 256 g/mol. The minimum atomic E-state index is -0.252. The number of benzene rings is 2. The molecule has 96 valence electrons. The number of carbonyl (C=O) groups excluding carboxylic acids is 2. The van der Waals surface area contributed by atoms with Gasteiger partial charge in [-0.15, -0.1) is 0 Å². The topological polar surface area (TPSA) is 52.6 Å². The minimum absolute atomic E-state index is 0.248. The summed E-state index contributed by atoms with van der Waals surface area (Å²) >= 11 is 0. The van der Waals surface area contributed by atoms with Crippen molar-refractivity contribution in [2.45, 2.75) is 0 Å². The Kier molecular flexibility index (Phi) is 4.29. The number of ketones is 1. The van der Waals surface area contributed by atoms with E-state index in [-0.39, 0.29) is 18.9 Å². The van der Waals surface area contributed by atoms with Gasteiger partial charge in [0.25, 0.3) is 6.47 Å². The standard InChI is InChI=1S/C15H12O4/c16-11-18-10-15(17)12-6-8-14(9-7-12)19-13-4-2-1-3-5-13/h1-9,11H,10H2. The molecule has 0 unspecified atom stereocenters. The predicted molar refractivity (Wildman–Crippen MR) is 69.3 cm³/mol. The van der Waals surface area contributed by atoms with Crippen LogP contribution in [0.1, 0.15) is 10.4 Å². The summed E-state index contributed by atoms with van der Waals surface area (Å²) in [5.41, 5.74) is 0.474. The van der Waals surface area contributed by atoms with E-state index in [1.54, 1.807) is 24.3 Å². The molecule has 0 bridgehead atoms. The summed E-state index contributed by atoms with van der Waals surface area (Å²) in [6.45, 7) is 0.00712. The van der Waals surface area contributed by atoms with Gasteiger partial charge in [-0.1, -0.05) is 18.2 Å². The summed E-state index contributed by atoms with van der Waals surface area (Å²) in [6.07, 6.45) is 0. The average molecular weight is 256 g/mol. The number of hydrogen-bond donors (Lipinski definition) is 0. The Morgan fingerprint density at radius 2 is 1.58 bits per heavy atom. The molecule has 0 radical (unpaired) electrons.